The first kappa shape index (κ1) is 12.3. The van der Waals surface area contributed by atoms with Gasteiger partial charge in [0.05, 0.1) is 0 Å². The molecule has 4 atom stereocenters. The van der Waals surface area contributed by atoms with Crippen molar-refractivity contribution in [1.82, 2.24) is 5.32 Å². The maximum Gasteiger partial charge on any atom is 0.0406 e. The Labute approximate surface area is 114 Å². The van der Waals surface area contributed by atoms with Gasteiger partial charge in [-0.3, -0.25) is 0 Å². The van der Waals surface area contributed by atoms with Gasteiger partial charge in [-0.25, -0.2) is 0 Å². The molecule has 1 N–H and O–H groups in total. The number of allylic oxidation sites excluding steroid dienone is 2. The predicted molar refractivity (Wildman–Crippen MR) is 76.7 cm³/mol. The molecular weight excluding hydrogens is 242 g/mol. The first-order chi connectivity index (χ1) is 8.72. The molecule has 2 aliphatic carbocycles. The summed E-state index contributed by atoms with van der Waals surface area (Å²) >= 11 is 5.91. The highest BCUT2D eigenvalue weighted by atomic mass is 35.5. The van der Waals surface area contributed by atoms with Crippen LogP contribution in [-0.4, -0.2) is 6.54 Å². The number of halogens is 1. The van der Waals surface area contributed by atoms with E-state index in [0.717, 1.165) is 29.3 Å². The molecule has 96 valence electrons. The molecule has 1 aromatic carbocycles. The summed E-state index contributed by atoms with van der Waals surface area (Å²) in [7, 11) is 0. The summed E-state index contributed by atoms with van der Waals surface area (Å²) in [5.41, 5.74) is 1.32. The molecular formula is C16H20ClN. The Morgan fingerprint density at radius 2 is 2.00 bits per heavy atom. The normalized spacial score (nSPS) is 30.9. The van der Waals surface area contributed by atoms with Crippen molar-refractivity contribution >= 4 is 11.6 Å². The first-order valence-electron chi connectivity index (χ1n) is 6.89. The SMILES string of the molecule is CC(NCC1CC2C=CC1C2)c1ccc(Cl)cc1. The summed E-state index contributed by atoms with van der Waals surface area (Å²) in [5.74, 6) is 2.54. The Bertz CT molecular complexity index is 437. The van der Waals surface area contributed by atoms with Crippen LogP contribution in [0.25, 0.3) is 0 Å². The zero-order valence-corrected chi connectivity index (χ0v) is 11.5. The van der Waals surface area contributed by atoms with Crippen LogP contribution in [0.15, 0.2) is 36.4 Å². The maximum absolute atomic E-state index is 5.91. The van der Waals surface area contributed by atoms with Crippen LogP contribution in [0.4, 0.5) is 0 Å². The van der Waals surface area contributed by atoms with Crippen molar-refractivity contribution < 1.29 is 0 Å². The standard InChI is InChI=1S/C16H20ClN/c1-11(13-4-6-16(17)7-5-13)18-10-15-9-12-2-3-14(15)8-12/h2-7,11-12,14-15,18H,8-10H2,1H3. The third kappa shape index (κ3) is 2.48. The van der Waals surface area contributed by atoms with Crippen molar-refractivity contribution in [2.24, 2.45) is 17.8 Å². The molecule has 1 nitrogen and oxygen atoms in total. The highest BCUT2D eigenvalue weighted by Crippen LogP contribution is 2.43. The molecule has 1 aromatic rings. The van der Waals surface area contributed by atoms with Gasteiger partial charge in [-0.15, -0.1) is 0 Å². The summed E-state index contributed by atoms with van der Waals surface area (Å²) in [6.45, 7) is 3.36. The molecule has 0 saturated heterocycles. The molecule has 0 amide bonds. The smallest absolute Gasteiger partial charge is 0.0406 e. The molecule has 0 heterocycles. The van der Waals surface area contributed by atoms with Crippen LogP contribution in [0, 0.1) is 17.8 Å². The Kier molecular flexibility index (Phi) is 3.45. The van der Waals surface area contributed by atoms with Crippen molar-refractivity contribution in [3.63, 3.8) is 0 Å². The van der Waals surface area contributed by atoms with Gasteiger partial charge < -0.3 is 5.32 Å². The molecule has 2 bridgehead atoms. The summed E-state index contributed by atoms with van der Waals surface area (Å²) in [6, 6.07) is 8.57. The molecule has 4 unspecified atom stereocenters. The van der Waals surface area contributed by atoms with E-state index in [-0.39, 0.29) is 0 Å². The molecule has 2 aliphatic rings. The molecule has 0 spiro atoms. The lowest BCUT2D eigenvalue weighted by Crippen LogP contribution is -2.27. The molecule has 0 radical (unpaired) electrons. The molecule has 18 heavy (non-hydrogen) atoms. The van der Waals surface area contributed by atoms with Crippen LogP contribution in [0.2, 0.25) is 5.02 Å². The fourth-order valence-corrected chi connectivity index (χ4v) is 3.45. The second-order valence-electron chi connectivity index (χ2n) is 5.72. The average Bonchev–Trinajstić information content (AvgIpc) is 2.99. The lowest BCUT2D eigenvalue weighted by Gasteiger charge is -2.22. The van der Waals surface area contributed by atoms with Crippen LogP contribution in [0.5, 0.6) is 0 Å². The van der Waals surface area contributed by atoms with Crippen molar-refractivity contribution in [3.8, 4) is 0 Å². The minimum absolute atomic E-state index is 0.408. The molecule has 1 saturated carbocycles. The highest BCUT2D eigenvalue weighted by Gasteiger charge is 2.35. The average molecular weight is 262 g/mol. The number of nitrogens with one attached hydrogen (secondary N) is 1. The fourth-order valence-electron chi connectivity index (χ4n) is 3.33. The van der Waals surface area contributed by atoms with Gasteiger partial charge in [-0.2, -0.15) is 0 Å². The van der Waals surface area contributed by atoms with E-state index in [9.17, 15) is 0 Å². The maximum atomic E-state index is 5.91. The Morgan fingerprint density at radius 3 is 2.61 bits per heavy atom. The minimum Gasteiger partial charge on any atom is -0.310 e. The van der Waals surface area contributed by atoms with Gasteiger partial charge in [0.2, 0.25) is 0 Å². The summed E-state index contributed by atoms with van der Waals surface area (Å²) in [5, 5.41) is 4.48. The monoisotopic (exact) mass is 261 g/mol. The Morgan fingerprint density at radius 1 is 1.22 bits per heavy atom. The topological polar surface area (TPSA) is 12.0 Å². The minimum atomic E-state index is 0.408. The van der Waals surface area contributed by atoms with Gasteiger partial charge in [0.25, 0.3) is 0 Å². The fraction of sp³-hybridized carbons (Fsp3) is 0.500. The summed E-state index contributed by atoms with van der Waals surface area (Å²) in [6.07, 6.45) is 7.60. The van der Waals surface area contributed by atoms with E-state index in [1.807, 2.05) is 12.1 Å². The van der Waals surface area contributed by atoms with E-state index in [4.69, 9.17) is 11.6 Å². The van der Waals surface area contributed by atoms with Crippen LogP contribution < -0.4 is 5.32 Å². The molecule has 1 fully saturated rings. The van der Waals surface area contributed by atoms with E-state index in [1.165, 1.54) is 18.4 Å². The third-order valence-electron chi connectivity index (χ3n) is 4.47. The number of fused-ring (bicyclic) bond motifs is 2. The molecule has 0 aliphatic heterocycles. The van der Waals surface area contributed by atoms with E-state index in [0.29, 0.717) is 6.04 Å². The zero-order valence-electron chi connectivity index (χ0n) is 10.8. The summed E-state index contributed by atoms with van der Waals surface area (Å²) < 4.78 is 0. The molecule has 2 heteroatoms. The van der Waals surface area contributed by atoms with Crippen LogP contribution in [-0.2, 0) is 0 Å². The quantitative estimate of drug-likeness (QED) is 0.801. The van der Waals surface area contributed by atoms with Crippen LogP contribution in [0.1, 0.15) is 31.4 Å². The van der Waals surface area contributed by atoms with Crippen LogP contribution >= 0.6 is 11.6 Å². The number of hydrogen-bond acceptors (Lipinski definition) is 1. The van der Waals surface area contributed by atoms with Crippen molar-refractivity contribution in [1.29, 1.82) is 0 Å². The number of hydrogen-bond donors (Lipinski definition) is 1. The largest absolute Gasteiger partial charge is 0.310 e. The lowest BCUT2D eigenvalue weighted by molar-refractivity contribution is 0.393. The van der Waals surface area contributed by atoms with E-state index < -0.39 is 0 Å². The highest BCUT2D eigenvalue weighted by molar-refractivity contribution is 6.30. The second kappa shape index (κ2) is 5.07. The predicted octanol–water partition coefficient (Wildman–Crippen LogP) is 4.20. The van der Waals surface area contributed by atoms with Crippen molar-refractivity contribution in [2.75, 3.05) is 6.54 Å². The van der Waals surface area contributed by atoms with Crippen LogP contribution in [0.3, 0.4) is 0 Å². The zero-order chi connectivity index (χ0) is 12.5. The van der Waals surface area contributed by atoms with Gasteiger partial charge in [-0.1, -0.05) is 35.9 Å². The van der Waals surface area contributed by atoms with Gasteiger partial charge in [-0.05, 0) is 61.8 Å². The lowest BCUT2D eigenvalue weighted by atomic mass is 9.93. The third-order valence-corrected chi connectivity index (χ3v) is 4.72. The molecule has 0 aromatic heterocycles. The Hall–Kier alpha value is -0.790. The Balaban J connectivity index is 1.54. The number of benzene rings is 1. The molecule has 3 rings (SSSR count). The van der Waals surface area contributed by atoms with E-state index >= 15 is 0 Å². The van der Waals surface area contributed by atoms with Gasteiger partial charge in [0, 0.05) is 11.1 Å². The van der Waals surface area contributed by atoms with Gasteiger partial charge in [0.15, 0.2) is 0 Å². The first-order valence-corrected chi connectivity index (χ1v) is 7.27. The number of rotatable bonds is 4. The van der Waals surface area contributed by atoms with Gasteiger partial charge in [0.1, 0.15) is 0 Å². The second-order valence-corrected chi connectivity index (χ2v) is 6.16. The summed E-state index contributed by atoms with van der Waals surface area (Å²) in [4.78, 5) is 0. The van der Waals surface area contributed by atoms with E-state index in [2.05, 4.69) is 36.5 Å². The van der Waals surface area contributed by atoms with Crippen molar-refractivity contribution in [3.05, 3.63) is 47.0 Å². The van der Waals surface area contributed by atoms with Crippen molar-refractivity contribution in [2.45, 2.75) is 25.8 Å². The van der Waals surface area contributed by atoms with Gasteiger partial charge >= 0.3 is 0 Å². The van der Waals surface area contributed by atoms with E-state index in [1.54, 1.807) is 0 Å².